The van der Waals surface area contributed by atoms with Crippen LogP contribution in [0.25, 0.3) is 22.4 Å². The Morgan fingerprint density at radius 1 is 1.00 bits per heavy atom. The average molecular weight is 375 g/mol. The van der Waals surface area contributed by atoms with Crippen LogP contribution in [0.15, 0.2) is 42.7 Å². The molecule has 2 aliphatic rings. The fourth-order valence-electron chi connectivity index (χ4n) is 4.97. The quantitative estimate of drug-likeness (QED) is 0.713. The summed E-state index contributed by atoms with van der Waals surface area (Å²) in [5.74, 6) is 2.88. The molecular formula is C22H25N5O. The average Bonchev–Trinajstić information content (AvgIpc) is 3.37. The second-order valence-corrected chi connectivity index (χ2v) is 8.28. The van der Waals surface area contributed by atoms with Gasteiger partial charge in [0.1, 0.15) is 5.75 Å². The second kappa shape index (κ2) is 6.93. The lowest BCUT2D eigenvalue weighted by molar-refractivity contribution is 0.312. The molecule has 2 aliphatic carbocycles. The van der Waals surface area contributed by atoms with Gasteiger partial charge in [0.15, 0.2) is 5.82 Å². The number of phenolic OH excluding ortho intramolecular Hbond substituents is 1. The summed E-state index contributed by atoms with van der Waals surface area (Å²) in [4.78, 5) is 2.29. The minimum atomic E-state index is 0.193. The number of rotatable bonds is 4. The molecule has 144 valence electrons. The van der Waals surface area contributed by atoms with Crippen LogP contribution >= 0.6 is 0 Å². The van der Waals surface area contributed by atoms with Crippen molar-refractivity contribution in [1.82, 2.24) is 20.4 Å². The van der Waals surface area contributed by atoms with E-state index in [0.717, 1.165) is 28.8 Å². The van der Waals surface area contributed by atoms with Crippen LogP contribution in [-0.4, -0.2) is 38.6 Å². The summed E-state index contributed by atoms with van der Waals surface area (Å²) in [7, 11) is 2.14. The molecule has 2 aromatic heterocycles. The number of anilines is 1. The molecule has 3 aromatic rings. The van der Waals surface area contributed by atoms with Crippen molar-refractivity contribution in [1.29, 1.82) is 0 Å². The van der Waals surface area contributed by atoms with Gasteiger partial charge >= 0.3 is 0 Å². The van der Waals surface area contributed by atoms with Crippen LogP contribution in [-0.2, 0) is 0 Å². The first-order chi connectivity index (χ1) is 13.7. The molecule has 2 N–H and O–H groups in total. The highest BCUT2D eigenvalue weighted by molar-refractivity contribution is 5.73. The summed E-state index contributed by atoms with van der Waals surface area (Å²) in [6.07, 6.45) is 10.3. The molecule has 0 spiro atoms. The molecule has 2 heterocycles. The normalized spacial score (nSPS) is 23.7. The third-order valence-corrected chi connectivity index (χ3v) is 6.53. The number of aromatic nitrogens is 4. The standard InChI is InChI=1S/C22H25N5O/c1-27(18-9-14-2-3-15(8-14)10-18)22-7-6-20(25-26-22)19-5-4-16(11-21(19)28)17-12-23-24-13-17/h4-7,11-15,18,28H,2-3,8-10H2,1H3,(H,23,24)/t14-,15+,18-. The molecule has 6 heteroatoms. The topological polar surface area (TPSA) is 77.9 Å². The van der Waals surface area contributed by atoms with E-state index in [1.54, 1.807) is 18.5 Å². The zero-order valence-electron chi connectivity index (χ0n) is 16.0. The van der Waals surface area contributed by atoms with E-state index in [0.29, 0.717) is 17.3 Å². The van der Waals surface area contributed by atoms with Gasteiger partial charge < -0.3 is 10.0 Å². The molecule has 3 atom stereocenters. The van der Waals surface area contributed by atoms with Crippen molar-refractivity contribution in [2.24, 2.45) is 11.8 Å². The van der Waals surface area contributed by atoms with Crippen molar-refractivity contribution >= 4 is 5.82 Å². The maximum atomic E-state index is 10.5. The highest BCUT2D eigenvalue weighted by atomic mass is 16.3. The van der Waals surface area contributed by atoms with Gasteiger partial charge in [-0.2, -0.15) is 5.10 Å². The lowest BCUT2D eigenvalue weighted by Gasteiger charge is -2.35. The number of benzene rings is 1. The van der Waals surface area contributed by atoms with Gasteiger partial charge in [0.05, 0.1) is 11.9 Å². The van der Waals surface area contributed by atoms with Crippen molar-refractivity contribution in [2.45, 2.75) is 38.1 Å². The molecule has 1 aromatic carbocycles. The van der Waals surface area contributed by atoms with Gasteiger partial charge in [0.2, 0.25) is 0 Å². The molecule has 0 unspecified atom stereocenters. The first kappa shape index (κ1) is 17.2. The van der Waals surface area contributed by atoms with Gasteiger partial charge in [0, 0.05) is 30.4 Å². The molecule has 2 fully saturated rings. The molecule has 0 saturated heterocycles. The Labute approximate surface area is 164 Å². The number of phenols is 1. The van der Waals surface area contributed by atoms with Gasteiger partial charge in [-0.3, -0.25) is 5.10 Å². The number of fused-ring (bicyclic) bond motifs is 2. The van der Waals surface area contributed by atoms with Crippen molar-refractivity contribution in [3.05, 3.63) is 42.7 Å². The van der Waals surface area contributed by atoms with Gasteiger partial charge in [-0.25, -0.2) is 0 Å². The molecule has 0 aliphatic heterocycles. The largest absolute Gasteiger partial charge is 0.507 e. The van der Waals surface area contributed by atoms with Crippen LogP contribution in [0.4, 0.5) is 5.82 Å². The number of aromatic hydroxyl groups is 1. The van der Waals surface area contributed by atoms with Crippen molar-refractivity contribution in [3.8, 4) is 28.1 Å². The molecule has 2 saturated carbocycles. The van der Waals surface area contributed by atoms with Crippen molar-refractivity contribution in [3.63, 3.8) is 0 Å². The fourth-order valence-corrected chi connectivity index (χ4v) is 4.97. The molecule has 2 bridgehead atoms. The van der Waals surface area contributed by atoms with Gasteiger partial charge in [0.25, 0.3) is 0 Å². The molecule has 28 heavy (non-hydrogen) atoms. The summed E-state index contributed by atoms with van der Waals surface area (Å²) in [5, 5.41) is 26.1. The van der Waals surface area contributed by atoms with E-state index in [1.807, 2.05) is 24.3 Å². The van der Waals surface area contributed by atoms with Gasteiger partial charge in [-0.05, 0) is 60.9 Å². The minimum Gasteiger partial charge on any atom is -0.507 e. The zero-order chi connectivity index (χ0) is 19.1. The minimum absolute atomic E-state index is 0.193. The Balaban J connectivity index is 1.35. The van der Waals surface area contributed by atoms with E-state index in [9.17, 15) is 5.11 Å². The molecule has 6 nitrogen and oxygen atoms in total. The smallest absolute Gasteiger partial charge is 0.151 e. The third kappa shape index (κ3) is 3.13. The number of H-pyrrole nitrogens is 1. The predicted octanol–water partition coefficient (Wildman–Crippen LogP) is 4.25. The van der Waals surface area contributed by atoms with E-state index in [4.69, 9.17) is 0 Å². The Morgan fingerprint density at radius 2 is 1.82 bits per heavy atom. The summed E-state index contributed by atoms with van der Waals surface area (Å²) in [6.45, 7) is 0. The van der Waals surface area contributed by atoms with Crippen LogP contribution < -0.4 is 4.90 Å². The highest BCUT2D eigenvalue weighted by Gasteiger charge is 2.36. The van der Waals surface area contributed by atoms with Crippen molar-refractivity contribution in [2.75, 3.05) is 11.9 Å². The highest BCUT2D eigenvalue weighted by Crippen LogP contribution is 2.43. The maximum absolute atomic E-state index is 10.5. The van der Waals surface area contributed by atoms with Gasteiger partial charge in [-0.1, -0.05) is 18.9 Å². The Bertz CT molecular complexity index is 942. The third-order valence-electron chi connectivity index (χ3n) is 6.53. The SMILES string of the molecule is CN(c1ccc(-c2ccc(-c3cn[nH]c3)cc2O)nn1)[C@@H]1C[C@@H]2CC[C@@H](C2)C1. The van der Waals surface area contributed by atoms with E-state index >= 15 is 0 Å². The molecule has 5 rings (SSSR count). The molecule has 0 amide bonds. The van der Waals surface area contributed by atoms with E-state index in [2.05, 4.69) is 32.3 Å². The lowest BCUT2D eigenvalue weighted by atomic mass is 9.85. The van der Waals surface area contributed by atoms with Gasteiger partial charge in [-0.15, -0.1) is 10.2 Å². The Hall–Kier alpha value is -2.89. The van der Waals surface area contributed by atoms with Crippen LogP contribution in [0.5, 0.6) is 5.75 Å². The number of hydrogen-bond donors (Lipinski definition) is 2. The molecule has 0 radical (unpaired) electrons. The van der Waals surface area contributed by atoms with E-state index in [-0.39, 0.29) is 5.75 Å². The number of nitrogens with one attached hydrogen (secondary N) is 1. The van der Waals surface area contributed by atoms with E-state index < -0.39 is 0 Å². The summed E-state index contributed by atoms with van der Waals surface area (Å²) in [6, 6.07) is 10.1. The van der Waals surface area contributed by atoms with E-state index in [1.165, 1.54) is 32.1 Å². The van der Waals surface area contributed by atoms with Crippen LogP contribution in [0, 0.1) is 11.8 Å². The lowest BCUT2D eigenvalue weighted by Crippen LogP contribution is -2.37. The van der Waals surface area contributed by atoms with Crippen LogP contribution in [0.1, 0.15) is 32.1 Å². The zero-order valence-corrected chi connectivity index (χ0v) is 16.0. The maximum Gasteiger partial charge on any atom is 0.151 e. The first-order valence-electron chi connectivity index (χ1n) is 10.1. The summed E-state index contributed by atoms with van der Waals surface area (Å²) < 4.78 is 0. The summed E-state index contributed by atoms with van der Waals surface area (Å²) >= 11 is 0. The van der Waals surface area contributed by atoms with Crippen LogP contribution in [0.2, 0.25) is 0 Å². The predicted molar refractivity (Wildman–Crippen MR) is 109 cm³/mol. The Morgan fingerprint density at radius 3 is 2.46 bits per heavy atom. The second-order valence-electron chi connectivity index (χ2n) is 8.28. The number of hydrogen-bond acceptors (Lipinski definition) is 5. The Kier molecular flexibility index (Phi) is 4.26. The number of nitrogens with zero attached hydrogens (tertiary/aromatic N) is 4. The van der Waals surface area contributed by atoms with Crippen molar-refractivity contribution < 1.29 is 5.11 Å². The monoisotopic (exact) mass is 375 g/mol. The first-order valence-corrected chi connectivity index (χ1v) is 10.1. The fraction of sp³-hybridized carbons (Fsp3) is 0.409. The molecular weight excluding hydrogens is 350 g/mol. The summed E-state index contributed by atoms with van der Waals surface area (Å²) in [5.41, 5.74) is 3.21. The van der Waals surface area contributed by atoms with Crippen LogP contribution in [0.3, 0.4) is 0 Å². The number of aromatic amines is 1.